The van der Waals surface area contributed by atoms with Crippen molar-refractivity contribution in [1.29, 1.82) is 0 Å². The molecular formula is C13H14F3N3. The fraction of sp³-hybridized carbons (Fsp3) is 0.462. The Morgan fingerprint density at radius 1 is 1.16 bits per heavy atom. The molecular weight excluding hydrogens is 255 g/mol. The van der Waals surface area contributed by atoms with Crippen molar-refractivity contribution >= 4 is 11.0 Å². The first-order valence-corrected chi connectivity index (χ1v) is 6.32. The molecule has 1 aromatic heterocycles. The quantitative estimate of drug-likeness (QED) is 0.835. The van der Waals surface area contributed by atoms with Gasteiger partial charge in [0.05, 0.1) is 16.6 Å². The summed E-state index contributed by atoms with van der Waals surface area (Å²) in [5, 5.41) is 3.23. The largest absolute Gasteiger partial charge is 0.418 e. The van der Waals surface area contributed by atoms with Crippen LogP contribution in [0.15, 0.2) is 18.2 Å². The summed E-state index contributed by atoms with van der Waals surface area (Å²) in [5.74, 6) is 0.892. The Morgan fingerprint density at radius 3 is 2.58 bits per heavy atom. The Balaban J connectivity index is 2.05. The number of aromatic amines is 1. The van der Waals surface area contributed by atoms with Crippen molar-refractivity contribution in [3.63, 3.8) is 0 Å². The summed E-state index contributed by atoms with van der Waals surface area (Å²) >= 11 is 0. The maximum atomic E-state index is 12.9. The van der Waals surface area contributed by atoms with E-state index in [-0.39, 0.29) is 11.4 Å². The molecule has 0 unspecified atom stereocenters. The van der Waals surface area contributed by atoms with E-state index in [2.05, 4.69) is 15.3 Å². The molecule has 2 N–H and O–H groups in total. The highest BCUT2D eigenvalue weighted by molar-refractivity contribution is 5.79. The Kier molecular flexibility index (Phi) is 2.97. The molecule has 19 heavy (non-hydrogen) atoms. The summed E-state index contributed by atoms with van der Waals surface area (Å²) in [6.07, 6.45) is -2.54. The number of nitrogens with one attached hydrogen (secondary N) is 2. The van der Waals surface area contributed by atoms with Crippen LogP contribution >= 0.6 is 0 Å². The minimum atomic E-state index is -4.35. The summed E-state index contributed by atoms with van der Waals surface area (Å²) in [4.78, 5) is 7.21. The number of para-hydroxylation sites is 1. The zero-order chi connectivity index (χ0) is 13.5. The number of hydrogen-bond donors (Lipinski definition) is 2. The molecule has 1 aliphatic rings. The number of halogens is 3. The second-order valence-electron chi connectivity index (χ2n) is 4.84. The predicted octanol–water partition coefficient (Wildman–Crippen LogP) is 3.05. The van der Waals surface area contributed by atoms with E-state index in [0.717, 1.165) is 32.0 Å². The van der Waals surface area contributed by atoms with Crippen LogP contribution in [0.25, 0.3) is 11.0 Å². The molecule has 0 bridgehead atoms. The smallest absolute Gasteiger partial charge is 0.341 e. The number of rotatable bonds is 1. The standard InChI is InChI=1S/C13H14F3N3/c14-13(15,16)9-2-1-3-10-11(9)19-12(18-10)8-4-6-17-7-5-8/h1-3,8,17H,4-7H2,(H,18,19). The van der Waals surface area contributed by atoms with E-state index < -0.39 is 11.7 Å². The van der Waals surface area contributed by atoms with Crippen LogP contribution in [0, 0.1) is 0 Å². The fourth-order valence-corrected chi connectivity index (χ4v) is 2.58. The summed E-state index contributed by atoms with van der Waals surface area (Å²) < 4.78 is 38.7. The number of imidazole rings is 1. The number of aromatic nitrogens is 2. The zero-order valence-corrected chi connectivity index (χ0v) is 10.2. The normalized spacial score (nSPS) is 18.1. The molecule has 1 fully saturated rings. The highest BCUT2D eigenvalue weighted by Crippen LogP contribution is 2.35. The molecule has 102 valence electrons. The third-order valence-corrected chi connectivity index (χ3v) is 3.57. The monoisotopic (exact) mass is 269 g/mol. The van der Waals surface area contributed by atoms with Gasteiger partial charge in [0.1, 0.15) is 5.82 Å². The van der Waals surface area contributed by atoms with Gasteiger partial charge in [-0.3, -0.25) is 0 Å². The lowest BCUT2D eigenvalue weighted by atomic mass is 9.98. The van der Waals surface area contributed by atoms with Crippen LogP contribution < -0.4 is 5.32 Å². The number of piperidine rings is 1. The molecule has 0 aliphatic carbocycles. The third-order valence-electron chi connectivity index (χ3n) is 3.57. The van der Waals surface area contributed by atoms with E-state index in [1.54, 1.807) is 6.07 Å². The summed E-state index contributed by atoms with van der Waals surface area (Å²) in [6, 6.07) is 4.11. The molecule has 1 aliphatic heterocycles. The molecule has 6 heteroatoms. The maximum Gasteiger partial charge on any atom is 0.418 e. The summed E-state index contributed by atoms with van der Waals surface area (Å²) in [5.41, 5.74) is -0.149. The maximum absolute atomic E-state index is 12.9. The lowest BCUT2D eigenvalue weighted by Gasteiger charge is -2.20. The van der Waals surface area contributed by atoms with E-state index in [4.69, 9.17) is 0 Å². The number of hydrogen-bond acceptors (Lipinski definition) is 2. The second-order valence-corrected chi connectivity index (χ2v) is 4.84. The van der Waals surface area contributed by atoms with Crippen LogP contribution in [0.5, 0.6) is 0 Å². The van der Waals surface area contributed by atoms with Crippen LogP contribution in [0.4, 0.5) is 13.2 Å². The van der Waals surface area contributed by atoms with Crippen LogP contribution in [-0.4, -0.2) is 23.1 Å². The lowest BCUT2D eigenvalue weighted by Crippen LogP contribution is -2.27. The van der Waals surface area contributed by atoms with E-state index in [9.17, 15) is 13.2 Å². The summed E-state index contributed by atoms with van der Waals surface area (Å²) in [7, 11) is 0. The summed E-state index contributed by atoms with van der Waals surface area (Å²) in [6.45, 7) is 1.77. The van der Waals surface area contributed by atoms with Crippen molar-refractivity contribution < 1.29 is 13.2 Å². The van der Waals surface area contributed by atoms with Gasteiger partial charge in [0.15, 0.2) is 0 Å². The lowest BCUT2D eigenvalue weighted by molar-refractivity contribution is -0.136. The Hall–Kier alpha value is -1.56. The molecule has 0 saturated carbocycles. The highest BCUT2D eigenvalue weighted by Gasteiger charge is 2.33. The van der Waals surface area contributed by atoms with Crippen molar-refractivity contribution in [2.75, 3.05) is 13.1 Å². The van der Waals surface area contributed by atoms with Gasteiger partial charge in [0.25, 0.3) is 0 Å². The van der Waals surface area contributed by atoms with Crippen molar-refractivity contribution in [3.8, 4) is 0 Å². The fourth-order valence-electron chi connectivity index (χ4n) is 2.58. The minimum absolute atomic E-state index is 0.100. The zero-order valence-electron chi connectivity index (χ0n) is 10.2. The predicted molar refractivity (Wildman–Crippen MR) is 65.9 cm³/mol. The van der Waals surface area contributed by atoms with Gasteiger partial charge in [-0.05, 0) is 38.1 Å². The topological polar surface area (TPSA) is 40.7 Å². The number of nitrogens with zero attached hydrogens (tertiary/aromatic N) is 1. The van der Waals surface area contributed by atoms with E-state index in [1.807, 2.05) is 0 Å². The Morgan fingerprint density at radius 2 is 1.89 bits per heavy atom. The van der Waals surface area contributed by atoms with Gasteiger partial charge < -0.3 is 10.3 Å². The molecule has 2 aromatic rings. The van der Waals surface area contributed by atoms with Crippen molar-refractivity contribution in [1.82, 2.24) is 15.3 Å². The first-order valence-electron chi connectivity index (χ1n) is 6.32. The number of alkyl halides is 3. The van der Waals surface area contributed by atoms with Gasteiger partial charge in [-0.25, -0.2) is 4.98 Å². The van der Waals surface area contributed by atoms with Gasteiger partial charge in [-0.2, -0.15) is 13.2 Å². The molecule has 1 aromatic carbocycles. The average Bonchev–Trinajstić information content (AvgIpc) is 2.82. The molecule has 2 heterocycles. The van der Waals surface area contributed by atoms with Gasteiger partial charge >= 0.3 is 6.18 Å². The Bertz CT molecular complexity index is 582. The second kappa shape index (κ2) is 4.52. The molecule has 0 amide bonds. The highest BCUT2D eigenvalue weighted by atomic mass is 19.4. The minimum Gasteiger partial charge on any atom is -0.341 e. The molecule has 0 radical (unpaired) electrons. The molecule has 3 nitrogen and oxygen atoms in total. The van der Waals surface area contributed by atoms with Gasteiger partial charge in [0.2, 0.25) is 0 Å². The van der Waals surface area contributed by atoms with Crippen molar-refractivity contribution in [3.05, 3.63) is 29.6 Å². The number of fused-ring (bicyclic) bond motifs is 1. The molecule has 0 spiro atoms. The molecule has 3 rings (SSSR count). The third kappa shape index (κ3) is 2.32. The Labute approximate surface area is 108 Å². The van der Waals surface area contributed by atoms with E-state index >= 15 is 0 Å². The van der Waals surface area contributed by atoms with Gasteiger partial charge in [-0.15, -0.1) is 0 Å². The average molecular weight is 269 g/mol. The molecule has 0 atom stereocenters. The van der Waals surface area contributed by atoms with Crippen LogP contribution in [-0.2, 0) is 6.18 Å². The van der Waals surface area contributed by atoms with Crippen LogP contribution in [0.2, 0.25) is 0 Å². The van der Waals surface area contributed by atoms with E-state index in [1.165, 1.54) is 6.07 Å². The van der Waals surface area contributed by atoms with Crippen LogP contribution in [0.1, 0.15) is 30.1 Å². The molecule has 1 saturated heterocycles. The first-order chi connectivity index (χ1) is 9.05. The van der Waals surface area contributed by atoms with Crippen LogP contribution in [0.3, 0.4) is 0 Å². The van der Waals surface area contributed by atoms with Gasteiger partial charge in [-0.1, -0.05) is 6.07 Å². The van der Waals surface area contributed by atoms with Crippen molar-refractivity contribution in [2.45, 2.75) is 24.9 Å². The number of benzene rings is 1. The van der Waals surface area contributed by atoms with Crippen molar-refractivity contribution in [2.24, 2.45) is 0 Å². The SMILES string of the molecule is FC(F)(F)c1cccc2nc(C3CCNCC3)[nH]c12. The van der Waals surface area contributed by atoms with E-state index in [0.29, 0.717) is 11.3 Å². The number of H-pyrrole nitrogens is 1. The first kappa shape index (κ1) is 12.5. The van der Waals surface area contributed by atoms with Gasteiger partial charge in [0, 0.05) is 5.92 Å².